The zero-order valence-corrected chi connectivity index (χ0v) is 11.4. The number of benzene rings is 1. The Labute approximate surface area is 114 Å². The Morgan fingerprint density at radius 1 is 1.47 bits per heavy atom. The molecular formula is C15H22FNO2. The van der Waals surface area contributed by atoms with Crippen LogP contribution in [0.3, 0.4) is 0 Å². The Kier molecular flexibility index (Phi) is 5.61. The van der Waals surface area contributed by atoms with Gasteiger partial charge < -0.3 is 14.8 Å². The SMILES string of the molecule is C[C@H](CNC[C@@H]1CCCO1)COc1ccccc1F. The van der Waals surface area contributed by atoms with Crippen LogP contribution in [0.4, 0.5) is 4.39 Å². The Morgan fingerprint density at radius 2 is 2.32 bits per heavy atom. The average molecular weight is 267 g/mol. The van der Waals surface area contributed by atoms with E-state index in [1.165, 1.54) is 6.07 Å². The van der Waals surface area contributed by atoms with Crippen LogP contribution in [0.15, 0.2) is 24.3 Å². The molecule has 1 heterocycles. The summed E-state index contributed by atoms with van der Waals surface area (Å²) >= 11 is 0. The molecule has 0 aromatic heterocycles. The van der Waals surface area contributed by atoms with Crippen molar-refractivity contribution < 1.29 is 13.9 Å². The molecule has 0 saturated carbocycles. The zero-order valence-electron chi connectivity index (χ0n) is 11.4. The molecule has 0 amide bonds. The van der Waals surface area contributed by atoms with Crippen LogP contribution in [-0.2, 0) is 4.74 Å². The average Bonchev–Trinajstić information content (AvgIpc) is 2.91. The second-order valence-electron chi connectivity index (χ2n) is 5.14. The van der Waals surface area contributed by atoms with Crippen LogP contribution < -0.4 is 10.1 Å². The molecular weight excluding hydrogens is 245 g/mol. The van der Waals surface area contributed by atoms with Gasteiger partial charge in [0.1, 0.15) is 0 Å². The third-order valence-corrected chi connectivity index (χ3v) is 3.25. The molecule has 2 atom stereocenters. The molecule has 3 nitrogen and oxygen atoms in total. The Balaban J connectivity index is 1.61. The van der Waals surface area contributed by atoms with Crippen LogP contribution in [-0.4, -0.2) is 32.4 Å². The first-order valence-corrected chi connectivity index (χ1v) is 6.95. The lowest BCUT2D eigenvalue weighted by molar-refractivity contribution is 0.108. The molecule has 0 bridgehead atoms. The quantitative estimate of drug-likeness (QED) is 0.823. The first kappa shape index (κ1) is 14.3. The first-order valence-electron chi connectivity index (χ1n) is 6.95. The van der Waals surface area contributed by atoms with Crippen molar-refractivity contribution in [1.82, 2.24) is 5.32 Å². The minimum absolute atomic E-state index is 0.304. The van der Waals surface area contributed by atoms with E-state index in [-0.39, 0.29) is 5.82 Å². The number of hydrogen-bond acceptors (Lipinski definition) is 3. The van der Waals surface area contributed by atoms with Gasteiger partial charge in [0, 0.05) is 25.6 Å². The van der Waals surface area contributed by atoms with Gasteiger partial charge in [0.2, 0.25) is 0 Å². The van der Waals surface area contributed by atoms with Gasteiger partial charge in [0.15, 0.2) is 11.6 Å². The number of hydrogen-bond donors (Lipinski definition) is 1. The Bertz CT molecular complexity index is 380. The van der Waals surface area contributed by atoms with Crippen LogP contribution in [0.5, 0.6) is 5.75 Å². The second kappa shape index (κ2) is 7.46. The van der Waals surface area contributed by atoms with Crippen molar-refractivity contribution in [2.75, 3.05) is 26.3 Å². The summed E-state index contributed by atoms with van der Waals surface area (Å²) in [5.74, 6) is 0.358. The zero-order chi connectivity index (χ0) is 13.5. The van der Waals surface area contributed by atoms with Crippen LogP contribution in [0.25, 0.3) is 0 Å². The highest BCUT2D eigenvalue weighted by Crippen LogP contribution is 2.16. The predicted octanol–water partition coefficient (Wildman–Crippen LogP) is 2.61. The number of rotatable bonds is 7. The fourth-order valence-electron chi connectivity index (χ4n) is 2.15. The Morgan fingerprint density at radius 3 is 3.05 bits per heavy atom. The number of nitrogens with one attached hydrogen (secondary N) is 1. The highest BCUT2D eigenvalue weighted by molar-refractivity contribution is 5.23. The van der Waals surface area contributed by atoms with Gasteiger partial charge in [-0.3, -0.25) is 0 Å². The van der Waals surface area contributed by atoms with Crippen LogP contribution in [0, 0.1) is 11.7 Å². The summed E-state index contributed by atoms with van der Waals surface area (Å²) in [6, 6.07) is 6.51. The van der Waals surface area contributed by atoms with E-state index in [1.54, 1.807) is 18.2 Å². The summed E-state index contributed by atoms with van der Waals surface area (Å²) in [5, 5.41) is 3.38. The third-order valence-electron chi connectivity index (χ3n) is 3.25. The molecule has 1 aliphatic rings. The maximum absolute atomic E-state index is 13.3. The van der Waals surface area contributed by atoms with E-state index in [9.17, 15) is 4.39 Å². The van der Waals surface area contributed by atoms with Crippen LogP contribution in [0.1, 0.15) is 19.8 Å². The number of halogens is 1. The molecule has 1 N–H and O–H groups in total. The summed E-state index contributed by atoms with van der Waals surface area (Å²) in [7, 11) is 0. The van der Waals surface area contributed by atoms with E-state index < -0.39 is 0 Å². The first-order chi connectivity index (χ1) is 9.25. The van der Waals surface area contributed by atoms with E-state index in [2.05, 4.69) is 12.2 Å². The molecule has 1 aromatic carbocycles. The molecule has 0 radical (unpaired) electrons. The predicted molar refractivity (Wildman–Crippen MR) is 72.9 cm³/mol. The minimum Gasteiger partial charge on any atom is -0.490 e. The van der Waals surface area contributed by atoms with E-state index in [1.807, 2.05) is 0 Å². The van der Waals surface area contributed by atoms with Gasteiger partial charge in [-0.15, -0.1) is 0 Å². The molecule has 1 aromatic rings. The van der Waals surface area contributed by atoms with Crippen molar-refractivity contribution in [2.45, 2.75) is 25.9 Å². The molecule has 0 spiro atoms. The molecule has 0 unspecified atom stereocenters. The maximum Gasteiger partial charge on any atom is 0.165 e. The smallest absolute Gasteiger partial charge is 0.165 e. The highest BCUT2D eigenvalue weighted by atomic mass is 19.1. The highest BCUT2D eigenvalue weighted by Gasteiger charge is 2.15. The fourth-order valence-corrected chi connectivity index (χ4v) is 2.15. The summed E-state index contributed by atoms with van der Waals surface area (Å²) < 4.78 is 24.4. The standard InChI is InChI=1S/C15H22FNO2/c1-12(9-17-10-13-5-4-8-18-13)11-19-15-7-3-2-6-14(15)16/h2-3,6-7,12-13,17H,4-5,8-11H2,1H3/t12-,13+/m1/s1. The van der Waals surface area contributed by atoms with Gasteiger partial charge in [0.25, 0.3) is 0 Å². The minimum atomic E-state index is -0.304. The van der Waals surface area contributed by atoms with Gasteiger partial charge in [-0.05, 0) is 25.0 Å². The van der Waals surface area contributed by atoms with Crippen molar-refractivity contribution in [3.63, 3.8) is 0 Å². The van der Waals surface area contributed by atoms with Crippen LogP contribution >= 0.6 is 0 Å². The van der Waals surface area contributed by atoms with Crippen molar-refractivity contribution in [2.24, 2.45) is 5.92 Å². The summed E-state index contributed by atoms with van der Waals surface area (Å²) in [6.45, 7) is 5.24. The lowest BCUT2D eigenvalue weighted by Gasteiger charge is -2.16. The van der Waals surface area contributed by atoms with Gasteiger partial charge in [-0.2, -0.15) is 0 Å². The third kappa shape index (κ3) is 4.80. The summed E-state index contributed by atoms with van der Waals surface area (Å²) in [4.78, 5) is 0. The van der Waals surface area contributed by atoms with E-state index in [0.717, 1.165) is 32.5 Å². The molecule has 106 valence electrons. The van der Waals surface area contributed by atoms with Crippen LogP contribution in [0.2, 0.25) is 0 Å². The molecule has 1 aliphatic heterocycles. The van der Waals surface area contributed by atoms with Crippen molar-refractivity contribution in [1.29, 1.82) is 0 Å². The van der Waals surface area contributed by atoms with Crippen molar-refractivity contribution in [3.8, 4) is 5.75 Å². The largest absolute Gasteiger partial charge is 0.490 e. The lowest BCUT2D eigenvalue weighted by atomic mass is 10.2. The second-order valence-corrected chi connectivity index (χ2v) is 5.14. The van der Waals surface area contributed by atoms with Gasteiger partial charge >= 0.3 is 0 Å². The summed E-state index contributed by atoms with van der Waals surface area (Å²) in [6.07, 6.45) is 2.67. The number of ether oxygens (including phenoxy) is 2. The van der Waals surface area contributed by atoms with E-state index in [4.69, 9.17) is 9.47 Å². The van der Waals surface area contributed by atoms with Crippen molar-refractivity contribution >= 4 is 0 Å². The monoisotopic (exact) mass is 267 g/mol. The molecule has 2 rings (SSSR count). The molecule has 19 heavy (non-hydrogen) atoms. The maximum atomic E-state index is 13.3. The molecule has 4 heteroatoms. The lowest BCUT2D eigenvalue weighted by Crippen LogP contribution is -2.31. The normalized spacial score (nSPS) is 20.4. The molecule has 1 saturated heterocycles. The van der Waals surface area contributed by atoms with E-state index >= 15 is 0 Å². The van der Waals surface area contributed by atoms with Gasteiger partial charge in [0.05, 0.1) is 12.7 Å². The topological polar surface area (TPSA) is 30.5 Å². The van der Waals surface area contributed by atoms with Crippen molar-refractivity contribution in [3.05, 3.63) is 30.1 Å². The summed E-state index contributed by atoms with van der Waals surface area (Å²) in [5.41, 5.74) is 0. The van der Waals surface area contributed by atoms with E-state index in [0.29, 0.717) is 24.4 Å². The fraction of sp³-hybridized carbons (Fsp3) is 0.600. The molecule has 0 aliphatic carbocycles. The number of para-hydroxylation sites is 1. The Hall–Kier alpha value is -1.13. The molecule has 1 fully saturated rings. The van der Waals surface area contributed by atoms with Gasteiger partial charge in [-0.25, -0.2) is 4.39 Å². The van der Waals surface area contributed by atoms with Gasteiger partial charge in [-0.1, -0.05) is 19.1 Å².